The number of imide groups is 1. The van der Waals surface area contributed by atoms with Crippen molar-refractivity contribution in [2.24, 2.45) is 0 Å². The summed E-state index contributed by atoms with van der Waals surface area (Å²) in [7, 11) is 2.95. The van der Waals surface area contributed by atoms with Crippen LogP contribution in [-0.2, 0) is 9.59 Å². The van der Waals surface area contributed by atoms with Crippen LogP contribution in [-0.4, -0.2) is 42.7 Å². The molecule has 30 heavy (non-hydrogen) atoms. The molecule has 10 heteroatoms. The normalized spacial score (nSPS) is 14.9. The van der Waals surface area contributed by atoms with Gasteiger partial charge >= 0.3 is 0 Å². The second-order valence-corrected chi connectivity index (χ2v) is 7.83. The summed E-state index contributed by atoms with van der Waals surface area (Å²) in [5.74, 6) is -0.281. The number of hydrogen-bond donors (Lipinski definition) is 1. The molecule has 0 aromatic heterocycles. The van der Waals surface area contributed by atoms with Crippen molar-refractivity contribution in [1.29, 1.82) is 0 Å². The van der Waals surface area contributed by atoms with E-state index in [-0.39, 0.29) is 4.91 Å². The molecule has 0 bridgehead atoms. The number of para-hydroxylation sites is 1. The number of nitrogens with one attached hydrogen (secondary N) is 1. The topological polar surface area (TPSA) is 84.9 Å². The lowest BCUT2D eigenvalue weighted by molar-refractivity contribution is -0.127. The molecule has 7 nitrogen and oxygen atoms in total. The summed E-state index contributed by atoms with van der Waals surface area (Å²) < 4.78 is 10.4. The van der Waals surface area contributed by atoms with E-state index in [1.165, 1.54) is 20.3 Å². The maximum Gasteiger partial charge on any atom is 0.294 e. The van der Waals surface area contributed by atoms with E-state index in [2.05, 4.69) is 5.32 Å². The zero-order valence-corrected chi connectivity index (χ0v) is 18.2. The van der Waals surface area contributed by atoms with E-state index in [9.17, 15) is 14.4 Å². The van der Waals surface area contributed by atoms with Crippen LogP contribution in [0.15, 0.2) is 41.3 Å². The summed E-state index contributed by atoms with van der Waals surface area (Å²) in [6, 6.07) is 9.81. The van der Waals surface area contributed by atoms with Gasteiger partial charge in [0, 0.05) is 6.07 Å². The van der Waals surface area contributed by atoms with Gasteiger partial charge in [0.05, 0.1) is 34.9 Å². The molecule has 0 atom stereocenters. The molecule has 0 spiro atoms. The molecule has 3 amide bonds. The highest BCUT2D eigenvalue weighted by Crippen LogP contribution is 2.37. The van der Waals surface area contributed by atoms with Crippen molar-refractivity contribution in [1.82, 2.24) is 4.90 Å². The molecule has 0 aliphatic carbocycles. The van der Waals surface area contributed by atoms with Crippen molar-refractivity contribution in [2.45, 2.75) is 0 Å². The fourth-order valence-electron chi connectivity index (χ4n) is 2.65. The zero-order valence-electron chi connectivity index (χ0n) is 15.9. The Balaban J connectivity index is 1.78. The number of carbonyl (C=O) groups excluding carboxylic acids is 3. The van der Waals surface area contributed by atoms with Crippen molar-refractivity contribution < 1.29 is 23.9 Å². The number of benzene rings is 2. The summed E-state index contributed by atoms with van der Waals surface area (Å²) in [4.78, 5) is 38.3. The average molecular weight is 467 g/mol. The van der Waals surface area contributed by atoms with E-state index in [1.54, 1.807) is 36.4 Å². The van der Waals surface area contributed by atoms with E-state index < -0.39 is 23.6 Å². The second kappa shape index (κ2) is 9.42. The van der Waals surface area contributed by atoms with Gasteiger partial charge < -0.3 is 14.8 Å². The molecule has 2 aromatic carbocycles. The summed E-state index contributed by atoms with van der Waals surface area (Å²) in [6.45, 7) is -0.438. The summed E-state index contributed by atoms with van der Waals surface area (Å²) in [5.41, 5.74) is 0.865. The SMILES string of the molecule is COc1cc(Cl)c(/C=C2/SC(=O)N(CC(=O)Nc3ccccc3Cl)C2=O)cc1OC. The Kier molecular flexibility index (Phi) is 6.91. The molecule has 1 aliphatic heterocycles. The Morgan fingerprint density at radius 2 is 1.77 bits per heavy atom. The quantitative estimate of drug-likeness (QED) is 0.621. The van der Waals surface area contributed by atoms with Gasteiger partial charge in [-0.05, 0) is 41.6 Å². The van der Waals surface area contributed by atoms with Crippen molar-refractivity contribution in [3.63, 3.8) is 0 Å². The van der Waals surface area contributed by atoms with Crippen molar-refractivity contribution in [3.8, 4) is 11.5 Å². The average Bonchev–Trinajstić information content (AvgIpc) is 2.98. The molecule has 1 saturated heterocycles. The number of hydrogen-bond acceptors (Lipinski definition) is 6. The number of carbonyl (C=O) groups is 3. The fraction of sp³-hybridized carbons (Fsp3) is 0.150. The third kappa shape index (κ3) is 4.72. The molecule has 1 N–H and O–H groups in total. The minimum atomic E-state index is -0.592. The highest BCUT2D eigenvalue weighted by molar-refractivity contribution is 8.18. The van der Waals surface area contributed by atoms with Gasteiger partial charge in [0.1, 0.15) is 6.54 Å². The number of ether oxygens (including phenoxy) is 2. The lowest BCUT2D eigenvalue weighted by Crippen LogP contribution is -2.36. The summed E-state index contributed by atoms with van der Waals surface area (Å²) >= 11 is 13.0. The van der Waals surface area contributed by atoms with Gasteiger partial charge in [0.25, 0.3) is 11.1 Å². The van der Waals surface area contributed by atoms with Crippen LogP contribution in [0.25, 0.3) is 6.08 Å². The number of nitrogens with zero attached hydrogens (tertiary/aromatic N) is 1. The van der Waals surface area contributed by atoms with Gasteiger partial charge in [-0.15, -0.1) is 0 Å². The first-order chi connectivity index (χ1) is 14.3. The molecule has 156 valence electrons. The predicted molar refractivity (Wildman–Crippen MR) is 117 cm³/mol. The zero-order chi connectivity index (χ0) is 21.8. The van der Waals surface area contributed by atoms with Gasteiger partial charge in [0.15, 0.2) is 11.5 Å². The Morgan fingerprint density at radius 3 is 2.43 bits per heavy atom. The van der Waals surface area contributed by atoms with Crippen LogP contribution < -0.4 is 14.8 Å². The van der Waals surface area contributed by atoms with Crippen molar-refractivity contribution in [2.75, 3.05) is 26.1 Å². The molecule has 0 unspecified atom stereocenters. The van der Waals surface area contributed by atoms with Gasteiger partial charge in [0.2, 0.25) is 5.91 Å². The third-order valence-corrected chi connectivity index (χ3v) is 5.68. The van der Waals surface area contributed by atoms with Crippen LogP contribution in [0.3, 0.4) is 0 Å². The number of methoxy groups -OCH3 is 2. The van der Waals surface area contributed by atoms with Crippen molar-refractivity contribution in [3.05, 3.63) is 56.9 Å². The highest BCUT2D eigenvalue weighted by atomic mass is 35.5. The maximum atomic E-state index is 12.7. The largest absolute Gasteiger partial charge is 0.493 e. The van der Waals surface area contributed by atoms with E-state index in [1.807, 2.05) is 0 Å². The minimum Gasteiger partial charge on any atom is -0.493 e. The molecule has 0 saturated carbocycles. The number of amides is 3. The third-order valence-electron chi connectivity index (χ3n) is 4.11. The lowest BCUT2D eigenvalue weighted by Gasteiger charge is -2.13. The number of rotatable bonds is 6. The van der Waals surface area contributed by atoms with E-state index in [0.29, 0.717) is 32.8 Å². The Morgan fingerprint density at radius 1 is 1.10 bits per heavy atom. The minimum absolute atomic E-state index is 0.139. The Hall–Kier alpha value is -2.68. The summed E-state index contributed by atoms with van der Waals surface area (Å²) in [5, 5.41) is 2.69. The molecule has 2 aromatic rings. The van der Waals surface area contributed by atoms with Gasteiger partial charge in [-0.3, -0.25) is 19.3 Å². The van der Waals surface area contributed by atoms with Gasteiger partial charge in [-0.2, -0.15) is 0 Å². The first kappa shape index (κ1) is 22.0. The van der Waals surface area contributed by atoms with Crippen LogP contribution in [0.1, 0.15) is 5.56 Å². The molecule has 3 rings (SSSR count). The van der Waals surface area contributed by atoms with Gasteiger partial charge in [-0.25, -0.2) is 0 Å². The van der Waals surface area contributed by atoms with Crippen molar-refractivity contribution >= 4 is 63.8 Å². The monoisotopic (exact) mass is 466 g/mol. The molecule has 0 radical (unpaired) electrons. The van der Waals surface area contributed by atoms with Crippen LogP contribution >= 0.6 is 35.0 Å². The van der Waals surface area contributed by atoms with Crippen LogP contribution in [0.2, 0.25) is 10.0 Å². The molecular formula is C20H16Cl2N2O5S. The van der Waals surface area contributed by atoms with Crippen LogP contribution in [0.4, 0.5) is 10.5 Å². The van der Waals surface area contributed by atoms with Gasteiger partial charge in [-0.1, -0.05) is 35.3 Å². The van der Waals surface area contributed by atoms with Crippen LogP contribution in [0.5, 0.6) is 11.5 Å². The second-order valence-electron chi connectivity index (χ2n) is 6.02. The maximum absolute atomic E-state index is 12.7. The molecular weight excluding hydrogens is 451 g/mol. The first-order valence-electron chi connectivity index (χ1n) is 8.55. The standard InChI is InChI=1S/C20H16Cl2N2O5S/c1-28-15-7-11(13(22)9-16(15)29-2)8-17-19(26)24(20(27)30-17)10-18(25)23-14-6-4-3-5-12(14)21/h3-9H,10H2,1-2H3,(H,23,25)/b17-8+. The predicted octanol–water partition coefficient (Wildman–Crippen LogP) is 4.69. The Labute approximate surface area is 186 Å². The van der Waals surface area contributed by atoms with Crippen LogP contribution in [0, 0.1) is 0 Å². The lowest BCUT2D eigenvalue weighted by atomic mass is 10.1. The number of anilines is 1. The number of thioether (sulfide) groups is 1. The van der Waals surface area contributed by atoms with E-state index >= 15 is 0 Å². The molecule has 1 heterocycles. The number of halogens is 2. The highest BCUT2D eigenvalue weighted by Gasteiger charge is 2.36. The smallest absolute Gasteiger partial charge is 0.294 e. The Bertz CT molecular complexity index is 1060. The fourth-order valence-corrected chi connectivity index (χ4v) is 3.87. The molecule has 1 aliphatic rings. The van der Waals surface area contributed by atoms with E-state index in [4.69, 9.17) is 32.7 Å². The molecule has 1 fully saturated rings. The van der Waals surface area contributed by atoms with E-state index in [0.717, 1.165) is 16.7 Å². The summed E-state index contributed by atoms with van der Waals surface area (Å²) in [6.07, 6.45) is 1.47. The first-order valence-corrected chi connectivity index (χ1v) is 10.1.